The van der Waals surface area contributed by atoms with Crippen LogP contribution in [0.15, 0.2) is 12.4 Å². The predicted molar refractivity (Wildman–Crippen MR) is 69.1 cm³/mol. The lowest BCUT2D eigenvalue weighted by Gasteiger charge is -2.16. The third kappa shape index (κ3) is 5.79. The largest absolute Gasteiger partial charge is 0.390 e. The number of nitrogens with one attached hydrogen (secondary N) is 1. The first kappa shape index (κ1) is 14.7. The molecule has 102 valence electrons. The lowest BCUT2D eigenvalue weighted by molar-refractivity contribution is -0.121. The van der Waals surface area contributed by atoms with Crippen molar-refractivity contribution in [2.24, 2.45) is 7.05 Å². The van der Waals surface area contributed by atoms with Crippen LogP contribution in [0.25, 0.3) is 0 Å². The summed E-state index contributed by atoms with van der Waals surface area (Å²) in [4.78, 5) is 13.4. The van der Waals surface area contributed by atoms with Gasteiger partial charge in [0.05, 0.1) is 12.3 Å². The number of aliphatic hydroxyl groups excluding tert-OH is 1. The van der Waals surface area contributed by atoms with Gasteiger partial charge in [-0.05, 0) is 26.1 Å². The van der Waals surface area contributed by atoms with Gasteiger partial charge in [0.25, 0.3) is 0 Å². The van der Waals surface area contributed by atoms with Crippen molar-refractivity contribution in [2.45, 2.75) is 18.9 Å². The Morgan fingerprint density at radius 3 is 2.89 bits per heavy atom. The molecule has 0 fully saturated rings. The first-order chi connectivity index (χ1) is 8.47. The van der Waals surface area contributed by atoms with Gasteiger partial charge in [-0.25, -0.2) is 0 Å². The lowest BCUT2D eigenvalue weighted by Crippen LogP contribution is -2.37. The molecule has 1 atom stereocenters. The van der Waals surface area contributed by atoms with E-state index in [1.165, 1.54) is 0 Å². The molecule has 0 aliphatic heterocycles. The molecule has 1 amide bonds. The number of rotatable bonds is 7. The average molecular weight is 254 g/mol. The monoisotopic (exact) mass is 254 g/mol. The number of likely N-dealkylation sites (N-methyl/N-ethyl adjacent to an activating group) is 1. The zero-order valence-electron chi connectivity index (χ0n) is 11.3. The van der Waals surface area contributed by atoms with Gasteiger partial charge >= 0.3 is 0 Å². The van der Waals surface area contributed by atoms with Gasteiger partial charge in [-0.2, -0.15) is 5.10 Å². The van der Waals surface area contributed by atoms with Crippen LogP contribution in [0.1, 0.15) is 12.0 Å². The number of aromatic nitrogens is 2. The van der Waals surface area contributed by atoms with Gasteiger partial charge in [0.1, 0.15) is 0 Å². The molecule has 1 heterocycles. The minimum absolute atomic E-state index is 0.0448. The fourth-order valence-corrected chi connectivity index (χ4v) is 1.66. The number of nitrogens with zero attached hydrogens (tertiary/aromatic N) is 3. The molecule has 18 heavy (non-hydrogen) atoms. The first-order valence-electron chi connectivity index (χ1n) is 6.04. The Hall–Kier alpha value is -1.40. The summed E-state index contributed by atoms with van der Waals surface area (Å²) in [7, 11) is 5.61. The van der Waals surface area contributed by atoms with E-state index in [2.05, 4.69) is 10.4 Å². The molecule has 6 nitrogen and oxygen atoms in total. The molecule has 0 radical (unpaired) electrons. The van der Waals surface area contributed by atoms with Crippen molar-refractivity contribution in [1.82, 2.24) is 20.0 Å². The summed E-state index contributed by atoms with van der Waals surface area (Å²) >= 11 is 0. The summed E-state index contributed by atoms with van der Waals surface area (Å²) in [5, 5.41) is 16.4. The highest BCUT2D eigenvalue weighted by Crippen LogP contribution is 2.00. The zero-order valence-corrected chi connectivity index (χ0v) is 11.3. The second-order valence-corrected chi connectivity index (χ2v) is 4.74. The molecule has 0 saturated carbocycles. The van der Waals surface area contributed by atoms with Crippen molar-refractivity contribution in [3.63, 3.8) is 0 Å². The van der Waals surface area contributed by atoms with Crippen molar-refractivity contribution >= 4 is 5.91 Å². The summed E-state index contributed by atoms with van der Waals surface area (Å²) in [6.45, 7) is 0.840. The highest BCUT2D eigenvalue weighted by molar-refractivity contribution is 5.76. The summed E-state index contributed by atoms with van der Waals surface area (Å²) in [6.07, 6.45) is 4.22. The molecule has 6 heteroatoms. The maximum Gasteiger partial charge on any atom is 0.220 e. The highest BCUT2D eigenvalue weighted by Gasteiger charge is 2.08. The number of aliphatic hydroxyl groups is 1. The van der Waals surface area contributed by atoms with Gasteiger partial charge in [0.15, 0.2) is 0 Å². The number of hydrogen-bond donors (Lipinski definition) is 2. The minimum atomic E-state index is -0.526. The van der Waals surface area contributed by atoms with Crippen molar-refractivity contribution in [1.29, 1.82) is 0 Å². The van der Waals surface area contributed by atoms with E-state index in [0.29, 0.717) is 25.9 Å². The van der Waals surface area contributed by atoms with Crippen LogP contribution in [0.3, 0.4) is 0 Å². The molecule has 0 aliphatic rings. The van der Waals surface area contributed by atoms with Crippen molar-refractivity contribution in [3.8, 4) is 0 Å². The van der Waals surface area contributed by atoms with Crippen molar-refractivity contribution < 1.29 is 9.90 Å². The molecule has 1 rings (SSSR count). The van der Waals surface area contributed by atoms with Crippen LogP contribution < -0.4 is 5.32 Å². The minimum Gasteiger partial charge on any atom is -0.390 e. The van der Waals surface area contributed by atoms with E-state index in [1.54, 1.807) is 10.9 Å². The van der Waals surface area contributed by atoms with Crippen LogP contribution in [-0.4, -0.2) is 59.0 Å². The maximum atomic E-state index is 11.6. The standard InChI is InChI=1S/C12H22N4O2/c1-15(2)9-11(17)7-13-12(18)5-4-10-6-14-16(3)8-10/h6,8,11,17H,4-5,7,9H2,1-3H3,(H,13,18). The first-order valence-corrected chi connectivity index (χ1v) is 6.04. The number of hydrogen-bond acceptors (Lipinski definition) is 4. The van der Waals surface area contributed by atoms with Crippen molar-refractivity contribution in [2.75, 3.05) is 27.2 Å². The van der Waals surface area contributed by atoms with E-state index in [4.69, 9.17) is 0 Å². The third-order valence-electron chi connectivity index (χ3n) is 2.51. The van der Waals surface area contributed by atoms with Crippen LogP contribution in [-0.2, 0) is 18.3 Å². The summed E-state index contributed by atoms with van der Waals surface area (Å²) in [5.74, 6) is -0.0448. The molecule has 1 unspecified atom stereocenters. The second-order valence-electron chi connectivity index (χ2n) is 4.74. The van der Waals surface area contributed by atoms with E-state index in [9.17, 15) is 9.90 Å². The summed E-state index contributed by atoms with van der Waals surface area (Å²) in [6, 6.07) is 0. The Morgan fingerprint density at radius 2 is 2.33 bits per heavy atom. The maximum absolute atomic E-state index is 11.6. The lowest BCUT2D eigenvalue weighted by atomic mass is 10.2. The Labute approximate surface area is 108 Å². The molecule has 0 aliphatic carbocycles. The van der Waals surface area contributed by atoms with Crippen LogP contribution in [0, 0.1) is 0 Å². The normalized spacial score (nSPS) is 12.7. The quantitative estimate of drug-likeness (QED) is 0.681. The van der Waals surface area contributed by atoms with E-state index < -0.39 is 6.10 Å². The fraction of sp³-hybridized carbons (Fsp3) is 0.667. The molecule has 2 N–H and O–H groups in total. The SMILES string of the molecule is CN(C)CC(O)CNC(=O)CCc1cnn(C)c1. The Kier molecular flexibility index (Phi) is 5.80. The molecule has 0 spiro atoms. The van der Waals surface area contributed by atoms with E-state index in [-0.39, 0.29) is 5.91 Å². The van der Waals surface area contributed by atoms with Crippen LogP contribution in [0.4, 0.5) is 0 Å². The smallest absolute Gasteiger partial charge is 0.220 e. The zero-order chi connectivity index (χ0) is 13.5. The summed E-state index contributed by atoms with van der Waals surface area (Å²) in [5.41, 5.74) is 1.04. The van der Waals surface area contributed by atoms with E-state index >= 15 is 0 Å². The van der Waals surface area contributed by atoms with Gasteiger partial charge in [-0.1, -0.05) is 0 Å². The van der Waals surface area contributed by atoms with Crippen molar-refractivity contribution in [3.05, 3.63) is 18.0 Å². The second kappa shape index (κ2) is 7.13. The highest BCUT2D eigenvalue weighted by atomic mass is 16.3. The molecule has 1 aromatic heterocycles. The Balaban J connectivity index is 2.18. The number of amides is 1. The predicted octanol–water partition coefficient (Wildman–Crippen LogP) is -0.609. The molecule has 0 saturated heterocycles. The molecule has 0 aromatic carbocycles. The van der Waals surface area contributed by atoms with Crippen LogP contribution in [0.2, 0.25) is 0 Å². The van der Waals surface area contributed by atoms with Crippen LogP contribution in [0.5, 0.6) is 0 Å². The van der Waals surface area contributed by atoms with Crippen LogP contribution >= 0.6 is 0 Å². The average Bonchev–Trinajstić information content (AvgIpc) is 2.69. The number of aryl methyl sites for hydroxylation is 2. The molecular formula is C12H22N4O2. The Bertz CT molecular complexity index is 376. The number of carbonyl (C=O) groups excluding carboxylic acids is 1. The van der Waals surface area contributed by atoms with E-state index in [0.717, 1.165) is 5.56 Å². The van der Waals surface area contributed by atoms with Gasteiger partial charge in [-0.15, -0.1) is 0 Å². The fourth-order valence-electron chi connectivity index (χ4n) is 1.66. The molecule has 1 aromatic rings. The van der Waals surface area contributed by atoms with E-state index in [1.807, 2.05) is 32.2 Å². The topological polar surface area (TPSA) is 70.4 Å². The third-order valence-corrected chi connectivity index (χ3v) is 2.51. The van der Waals surface area contributed by atoms with Gasteiger partial charge in [0, 0.05) is 32.8 Å². The molecule has 0 bridgehead atoms. The molecular weight excluding hydrogens is 232 g/mol. The van der Waals surface area contributed by atoms with Gasteiger partial charge in [0.2, 0.25) is 5.91 Å². The Morgan fingerprint density at radius 1 is 1.61 bits per heavy atom. The number of carbonyl (C=O) groups is 1. The van der Waals surface area contributed by atoms with Gasteiger partial charge in [-0.3, -0.25) is 9.48 Å². The van der Waals surface area contributed by atoms with Gasteiger partial charge < -0.3 is 15.3 Å². The summed E-state index contributed by atoms with van der Waals surface area (Å²) < 4.78 is 1.72.